The molecule has 0 aliphatic rings. The molecule has 3 rings (SSSR count). The summed E-state index contributed by atoms with van der Waals surface area (Å²) in [5.74, 6) is -0.0243. The van der Waals surface area contributed by atoms with E-state index in [0.29, 0.717) is 23.7 Å². The van der Waals surface area contributed by atoms with Gasteiger partial charge in [0.1, 0.15) is 0 Å². The van der Waals surface area contributed by atoms with E-state index in [2.05, 4.69) is 36.5 Å². The number of aromatic nitrogens is 1. The van der Waals surface area contributed by atoms with Crippen molar-refractivity contribution in [3.05, 3.63) is 104 Å². The van der Waals surface area contributed by atoms with Gasteiger partial charge in [-0.2, -0.15) is 0 Å². The Hall–Kier alpha value is -2.85. The lowest BCUT2D eigenvalue weighted by atomic mass is 9.88. The van der Waals surface area contributed by atoms with E-state index in [9.17, 15) is 9.59 Å². The van der Waals surface area contributed by atoms with E-state index < -0.39 is 0 Å². The molecular formula is C24H25ClN2O2. The van der Waals surface area contributed by atoms with Gasteiger partial charge in [-0.15, -0.1) is 0 Å². The van der Waals surface area contributed by atoms with E-state index in [1.54, 1.807) is 12.3 Å². The summed E-state index contributed by atoms with van der Waals surface area (Å²) < 4.78 is 1.53. The largest absolute Gasteiger partial charge is 0.352 e. The Kier molecular flexibility index (Phi) is 6.89. The molecule has 29 heavy (non-hydrogen) atoms. The van der Waals surface area contributed by atoms with Crippen LogP contribution in [0.15, 0.2) is 71.7 Å². The highest BCUT2D eigenvalue weighted by molar-refractivity contribution is 6.30. The van der Waals surface area contributed by atoms with Gasteiger partial charge in [-0.3, -0.25) is 9.59 Å². The van der Waals surface area contributed by atoms with Crippen LogP contribution in [0.3, 0.4) is 0 Å². The minimum absolute atomic E-state index is 0.105. The van der Waals surface area contributed by atoms with Crippen LogP contribution in [0, 0.1) is 6.92 Å². The van der Waals surface area contributed by atoms with Gasteiger partial charge in [-0.1, -0.05) is 53.6 Å². The Labute approximate surface area is 176 Å². The van der Waals surface area contributed by atoms with E-state index in [1.165, 1.54) is 21.8 Å². The average molecular weight is 409 g/mol. The molecule has 1 atom stereocenters. The zero-order chi connectivity index (χ0) is 20.8. The monoisotopic (exact) mass is 408 g/mol. The van der Waals surface area contributed by atoms with Crippen molar-refractivity contribution < 1.29 is 4.79 Å². The van der Waals surface area contributed by atoms with Gasteiger partial charge in [0.25, 0.3) is 11.5 Å². The summed E-state index contributed by atoms with van der Waals surface area (Å²) >= 11 is 6.05. The number of nitrogens with one attached hydrogen (secondary N) is 1. The highest BCUT2D eigenvalue weighted by Gasteiger charge is 2.15. The lowest BCUT2D eigenvalue weighted by Crippen LogP contribution is -2.28. The number of carbonyl (C=O) groups is 1. The topological polar surface area (TPSA) is 51.1 Å². The van der Waals surface area contributed by atoms with Gasteiger partial charge in [0.05, 0.1) is 5.56 Å². The highest BCUT2D eigenvalue weighted by atomic mass is 35.5. The maximum absolute atomic E-state index is 12.5. The molecule has 0 radical (unpaired) electrons. The van der Waals surface area contributed by atoms with Crippen molar-refractivity contribution in [2.24, 2.45) is 0 Å². The number of benzene rings is 2. The van der Waals surface area contributed by atoms with Crippen molar-refractivity contribution in [1.82, 2.24) is 9.88 Å². The number of hydrogen-bond donors (Lipinski definition) is 1. The highest BCUT2D eigenvalue weighted by Crippen LogP contribution is 2.29. The zero-order valence-corrected chi connectivity index (χ0v) is 17.4. The molecule has 0 aliphatic carbocycles. The molecular weight excluding hydrogens is 384 g/mol. The van der Waals surface area contributed by atoms with Gasteiger partial charge < -0.3 is 9.88 Å². The number of pyridine rings is 1. The molecule has 3 aromatic rings. The van der Waals surface area contributed by atoms with Crippen molar-refractivity contribution in [2.75, 3.05) is 6.54 Å². The first-order valence-electron chi connectivity index (χ1n) is 9.78. The van der Waals surface area contributed by atoms with Crippen molar-refractivity contribution in [3.8, 4) is 0 Å². The number of rotatable bonds is 7. The van der Waals surface area contributed by atoms with Crippen LogP contribution in [0.2, 0.25) is 5.02 Å². The molecule has 5 heteroatoms. The maximum Gasteiger partial charge on any atom is 0.252 e. The maximum atomic E-state index is 12.5. The molecule has 1 unspecified atom stereocenters. The summed E-state index contributed by atoms with van der Waals surface area (Å²) in [7, 11) is 0. The molecule has 0 bridgehead atoms. The molecule has 1 N–H and O–H groups in total. The van der Waals surface area contributed by atoms with Gasteiger partial charge in [0.15, 0.2) is 0 Å². The molecule has 1 amide bonds. The minimum Gasteiger partial charge on any atom is -0.352 e. The first-order chi connectivity index (χ1) is 14.0. The number of nitrogens with zero attached hydrogens (tertiary/aromatic N) is 1. The van der Waals surface area contributed by atoms with Crippen molar-refractivity contribution in [2.45, 2.75) is 32.7 Å². The number of aryl methyl sites for hydroxylation is 2. The Morgan fingerprint density at radius 2 is 1.62 bits per heavy atom. The van der Waals surface area contributed by atoms with E-state index in [1.807, 2.05) is 31.2 Å². The van der Waals surface area contributed by atoms with Crippen LogP contribution in [-0.2, 0) is 6.54 Å². The van der Waals surface area contributed by atoms with E-state index >= 15 is 0 Å². The van der Waals surface area contributed by atoms with E-state index in [-0.39, 0.29) is 17.4 Å². The second-order valence-corrected chi connectivity index (χ2v) is 7.54. The fourth-order valence-electron chi connectivity index (χ4n) is 3.36. The smallest absolute Gasteiger partial charge is 0.252 e. The van der Waals surface area contributed by atoms with Crippen molar-refractivity contribution in [1.29, 1.82) is 0 Å². The third kappa shape index (κ3) is 5.36. The molecule has 0 spiro atoms. The quantitative estimate of drug-likeness (QED) is 0.611. The average Bonchev–Trinajstić information content (AvgIpc) is 2.73. The van der Waals surface area contributed by atoms with Crippen molar-refractivity contribution >= 4 is 17.5 Å². The molecule has 2 aromatic carbocycles. The predicted molar refractivity (Wildman–Crippen MR) is 118 cm³/mol. The fraction of sp³-hybridized carbons (Fsp3) is 0.250. The summed E-state index contributed by atoms with van der Waals surface area (Å²) in [6.45, 7) is 5.00. The number of halogens is 1. The third-order valence-electron chi connectivity index (χ3n) is 5.06. The van der Waals surface area contributed by atoms with Crippen LogP contribution < -0.4 is 10.9 Å². The Balaban J connectivity index is 1.73. The van der Waals surface area contributed by atoms with Gasteiger partial charge in [0, 0.05) is 36.3 Å². The first kappa shape index (κ1) is 20.9. The molecule has 0 aliphatic heterocycles. The summed E-state index contributed by atoms with van der Waals surface area (Å²) in [6.07, 6.45) is 2.36. The summed E-state index contributed by atoms with van der Waals surface area (Å²) in [6, 6.07) is 19.3. The van der Waals surface area contributed by atoms with Crippen LogP contribution >= 0.6 is 11.6 Å². The third-order valence-corrected chi connectivity index (χ3v) is 5.31. The molecule has 150 valence electrons. The summed E-state index contributed by atoms with van der Waals surface area (Å²) in [4.78, 5) is 24.2. The van der Waals surface area contributed by atoms with Gasteiger partial charge in [-0.05, 0) is 49.6 Å². The normalized spacial score (nSPS) is 11.8. The van der Waals surface area contributed by atoms with Crippen LogP contribution in [0.4, 0.5) is 0 Å². The van der Waals surface area contributed by atoms with Gasteiger partial charge >= 0.3 is 0 Å². The van der Waals surface area contributed by atoms with Gasteiger partial charge in [-0.25, -0.2) is 0 Å². The molecule has 1 heterocycles. The first-order valence-corrected chi connectivity index (χ1v) is 10.2. The number of carbonyl (C=O) groups excluding carboxylic acids is 1. The lowest BCUT2D eigenvalue weighted by molar-refractivity contribution is 0.0952. The predicted octanol–water partition coefficient (Wildman–Crippen LogP) is 4.78. The van der Waals surface area contributed by atoms with E-state index in [4.69, 9.17) is 11.6 Å². The fourth-order valence-corrected chi connectivity index (χ4v) is 3.49. The van der Waals surface area contributed by atoms with Gasteiger partial charge in [0.2, 0.25) is 0 Å². The summed E-state index contributed by atoms with van der Waals surface area (Å²) in [5, 5.41) is 3.69. The van der Waals surface area contributed by atoms with Crippen LogP contribution in [0.25, 0.3) is 0 Å². The van der Waals surface area contributed by atoms with E-state index in [0.717, 1.165) is 12.0 Å². The molecule has 1 aromatic heterocycles. The molecule has 4 nitrogen and oxygen atoms in total. The lowest BCUT2D eigenvalue weighted by Gasteiger charge is -2.19. The SMILES string of the molecule is CCn1cc(C(=O)NCCC(c2ccc(C)cc2)c2ccc(Cl)cc2)ccc1=O. The Morgan fingerprint density at radius 3 is 2.24 bits per heavy atom. The van der Waals surface area contributed by atoms with Crippen LogP contribution in [0.1, 0.15) is 46.3 Å². The Morgan fingerprint density at radius 1 is 1.00 bits per heavy atom. The zero-order valence-electron chi connectivity index (χ0n) is 16.7. The second kappa shape index (κ2) is 9.57. The molecule has 0 fully saturated rings. The standard InChI is InChI=1S/C24H25ClN2O2/c1-3-27-16-20(10-13-23(27)28)24(29)26-15-14-22(18-6-4-17(2)5-7-18)19-8-11-21(25)12-9-19/h4-13,16,22H,3,14-15H2,1-2H3,(H,26,29). The summed E-state index contributed by atoms with van der Waals surface area (Å²) in [5.41, 5.74) is 3.96. The number of hydrogen-bond acceptors (Lipinski definition) is 2. The molecule has 0 saturated carbocycles. The van der Waals surface area contributed by atoms with Crippen LogP contribution in [-0.4, -0.2) is 17.0 Å². The minimum atomic E-state index is -0.175. The molecule has 0 saturated heterocycles. The second-order valence-electron chi connectivity index (χ2n) is 7.10. The Bertz CT molecular complexity index is 978. The van der Waals surface area contributed by atoms with Crippen molar-refractivity contribution in [3.63, 3.8) is 0 Å². The van der Waals surface area contributed by atoms with Crippen LogP contribution in [0.5, 0.6) is 0 Å². The number of amides is 1.